The molecular formula is C23H19N3O4S. The molecule has 0 saturated carbocycles. The van der Waals surface area contributed by atoms with Gasteiger partial charge in [0.15, 0.2) is 0 Å². The number of benzene rings is 3. The van der Waals surface area contributed by atoms with Crippen LogP contribution in [0.5, 0.6) is 0 Å². The van der Waals surface area contributed by atoms with E-state index in [4.69, 9.17) is 5.14 Å². The third-order valence-electron chi connectivity index (χ3n) is 4.86. The number of nitrogens with two attached hydrogens (primary N) is 1. The van der Waals surface area contributed by atoms with E-state index in [-0.39, 0.29) is 10.5 Å². The summed E-state index contributed by atoms with van der Waals surface area (Å²) in [6.45, 7) is 0. The lowest BCUT2D eigenvalue weighted by molar-refractivity contribution is -0.121. The smallest absolute Gasteiger partial charge is 0.263 e. The maximum Gasteiger partial charge on any atom is 0.263 e. The van der Waals surface area contributed by atoms with E-state index >= 15 is 0 Å². The Morgan fingerprint density at radius 2 is 1.42 bits per heavy atom. The Morgan fingerprint density at radius 3 is 2.00 bits per heavy atom. The minimum atomic E-state index is -3.83. The number of carbonyl (C=O) groups excluding carboxylic acids is 2. The fraction of sp³-hybridized carbons (Fsp3) is 0.0435. The van der Waals surface area contributed by atoms with Crippen molar-refractivity contribution >= 4 is 39.3 Å². The molecule has 1 aliphatic heterocycles. The first-order valence-corrected chi connectivity index (χ1v) is 11.0. The van der Waals surface area contributed by atoms with Crippen LogP contribution < -0.4 is 15.4 Å². The number of para-hydroxylation sites is 1. The summed E-state index contributed by atoms with van der Waals surface area (Å²) in [6, 6.07) is 22.7. The number of nitrogens with zero attached hydrogens (tertiary/aromatic N) is 1. The SMILES string of the molecule is NS(=O)(=O)c1ccc(NC2C(=O)N(c3ccccc3)C(=O)/C2=C/c2ccccc2)cc1. The van der Waals surface area contributed by atoms with Crippen LogP contribution in [0.25, 0.3) is 6.08 Å². The summed E-state index contributed by atoms with van der Waals surface area (Å²) in [7, 11) is -3.83. The number of anilines is 2. The second kappa shape index (κ2) is 8.17. The molecule has 3 aromatic carbocycles. The van der Waals surface area contributed by atoms with E-state index in [1.807, 2.05) is 30.3 Å². The van der Waals surface area contributed by atoms with Gasteiger partial charge in [-0.25, -0.2) is 18.5 Å². The van der Waals surface area contributed by atoms with Crippen LogP contribution in [0.2, 0.25) is 0 Å². The Kier molecular flexibility index (Phi) is 5.41. The van der Waals surface area contributed by atoms with Crippen molar-refractivity contribution in [2.45, 2.75) is 10.9 Å². The fourth-order valence-electron chi connectivity index (χ4n) is 3.36. The topological polar surface area (TPSA) is 110 Å². The minimum Gasteiger partial charge on any atom is -0.370 e. The van der Waals surface area contributed by atoms with E-state index in [9.17, 15) is 18.0 Å². The molecule has 3 N–H and O–H groups in total. The number of hydrogen-bond acceptors (Lipinski definition) is 5. The monoisotopic (exact) mass is 433 g/mol. The number of rotatable bonds is 5. The molecule has 1 heterocycles. The quantitative estimate of drug-likeness (QED) is 0.475. The molecule has 7 nitrogen and oxygen atoms in total. The second-order valence-electron chi connectivity index (χ2n) is 6.97. The number of sulfonamides is 1. The largest absolute Gasteiger partial charge is 0.370 e. The average molecular weight is 433 g/mol. The van der Waals surface area contributed by atoms with Gasteiger partial charge in [-0.3, -0.25) is 9.59 Å². The highest BCUT2D eigenvalue weighted by atomic mass is 32.2. The number of hydrogen-bond donors (Lipinski definition) is 2. The average Bonchev–Trinajstić information content (AvgIpc) is 2.99. The molecule has 31 heavy (non-hydrogen) atoms. The predicted molar refractivity (Wildman–Crippen MR) is 119 cm³/mol. The Bertz CT molecular complexity index is 1260. The maximum atomic E-state index is 13.2. The van der Waals surface area contributed by atoms with Crippen LogP contribution in [0.3, 0.4) is 0 Å². The van der Waals surface area contributed by atoms with E-state index in [2.05, 4.69) is 5.32 Å². The predicted octanol–water partition coefficient (Wildman–Crippen LogP) is 2.77. The van der Waals surface area contributed by atoms with E-state index in [0.29, 0.717) is 11.4 Å². The Labute approximate surface area is 179 Å². The van der Waals surface area contributed by atoms with Crippen LogP contribution in [0.4, 0.5) is 11.4 Å². The number of primary sulfonamides is 1. The Balaban J connectivity index is 1.73. The third kappa shape index (κ3) is 4.25. The molecule has 8 heteroatoms. The summed E-state index contributed by atoms with van der Waals surface area (Å²) in [6.07, 6.45) is 1.68. The first-order chi connectivity index (χ1) is 14.8. The molecule has 0 spiro atoms. The molecule has 1 saturated heterocycles. The van der Waals surface area contributed by atoms with Gasteiger partial charge in [0.1, 0.15) is 6.04 Å². The molecule has 1 fully saturated rings. The van der Waals surface area contributed by atoms with Crippen molar-refractivity contribution in [1.82, 2.24) is 0 Å². The summed E-state index contributed by atoms with van der Waals surface area (Å²) in [5, 5.41) is 8.19. The number of carbonyl (C=O) groups is 2. The Morgan fingerprint density at radius 1 is 0.839 bits per heavy atom. The Hall–Kier alpha value is -3.75. The van der Waals surface area contributed by atoms with Gasteiger partial charge in [0, 0.05) is 5.69 Å². The van der Waals surface area contributed by atoms with Crippen LogP contribution in [0, 0.1) is 0 Å². The summed E-state index contributed by atoms with van der Waals surface area (Å²) in [5.41, 5.74) is 2.03. The van der Waals surface area contributed by atoms with Crippen LogP contribution in [-0.4, -0.2) is 26.3 Å². The molecule has 0 bridgehead atoms. The van der Waals surface area contributed by atoms with Crippen molar-refractivity contribution in [3.8, 4) is 0 Å². The molecule has 156 valence electrons. The summed E-state index contributed by atoms with van der Waals surface area (Å²) in [5.74, 6) is -0.840. The van der Waals surface area contributed by atoms with Crippen LogP contribution in [-0.2, 0) is 19.6 Å². The molecule has 3 aromatic rings. The molecule has 4 rings (SSSR count). The van der Waals surface area contributed by atoms with Crippen LogP contribution in [0.1, 0.15) is 5.56 Å². The highest BCUT2D eigenvalue weighted by Crippen LogP contribution is 2.30. The zero-order valence-electron chi connectivity index (χ0n) is 16.3. The maximum absolute atomic E-state index is 13.2. The van der Waals surface area contributed by atoms with Crippen molar-refractivity contribution < 1.29 is 18.0 Å². The normalized spacial score (nSPS) is 17.9. The standard InChI is InChI=1S/C23H19N3O4S/c24-31(29,30)19-13-11-17(12-14-19)25-21-20(15-16-7-3-1-4-8-16)22(27)26(23(21)28)18-9-5-2-6-10-18/h1-15,21,25H,(H2,24,29,30)/b20-15+. The van der Waals surface area contributed by atoms with E-state index in [1.54, 1.807) is 36.4 Å². The first-order valence-electron chi connectivity index (χ1n) is 9.44. The van der Waals surface area contributed by atoms with Gasteiger partial charge in [-0.2, -0.15) is 0 Å². The van der Waals surface area contributed by atoms with Gasteiger partial charge in [-0.15, -0.1) is 0 Å². The lowest BCUT2D eigenvalue weighted by atomic mass is 10.1. The zero-order valence-corrected chi connectivity index (χ0v) is 17.1. The molecule has 2 amide bonds. The number of nitrogens with one attached hydrogen (secondary N) is 1. The van der Waals surface area contributed by atoms with Gasteiger partial charge in [0.25, 0.3) is 11.8 Å². The van der Waals surface area contributed by atoms with Gasteiger partial charge < -0.3 is 5.32 Å². The van der Waals surface area contributed by atoms with Gasteiger partial charge >= 0.3 is 0 Å². The molecule has 0 aromatic heterocycles. The van der Waals surface area contributed by atoms with Crippen molar-refractivity contribution in [3.63, 3.8) is 0 Å². The summed E-state index contributed by atoms with van der Waals surface area (Å²) in [4.78, 5) is 27.5. The van der Waals surface area contributed by atoms with Gasteiger partial charge in [0.2, 0.25) is 10.0 Å². The highest BCUT2D eigenvalue weighted by molar-refractivity contribution is 7.89. The highest BCUT2D eigenvalue weighted by Gasteiger charge is 2.44. The first kappa shape index (κ1) is 20.5. The van der Waals surface area contributed by atoms with Crippen molar-refractivity contribution in [1.29, 1.82) is 0 Å². The molecule has 1 atom stereocenters. The molecule has 1 aliphatic rings. The van der Waals surface area contributed by atoms with Crippen molar-refractivity contribution in [2.24, 2.45) is 5.14 Å². The van der Waals surface area contributed by atoms with Crippen LogP contribution in [0.15, 0.2) is 95.4 Å². The second-order valence-corrected chi connectivity index (χ2v) is 8.53. The lowest BCUT2D eigenvalue weighted by Crippen LogP contribution is -2.34. The minimum absolute atomic E-state index is 0.0437. The molecular weight excluding hydrogens is 414 g/mol. The van der Waals surface area contributed by atoms with Crippen molar-refractivity contribution in [2.75, 3.05) is 10.2 Å². The number of amides is 2. The van der Waals surface area contributed by atoms with E-state index in [0.717, 1.165) is 10.5 Å². The fourth-order valence-corrected chi connectivity index (χ4v) is 3.87. The van der Waals surface area contributed by atoms with Gasteiger partial charge in [0.05, 0.1) is 16.2 Å². The van der Waals surface area contributed by atoms with Crippen LogP contribution >= 0.6 is 0 Å². The summed E-state index contributed by atoms with van der Waals surface area (Å²) >= 11 is 0. The molecule has 1 unspecified atom stereocenters. The molecule has 0 aliphatic carbocycles. The summed E-state index contributed by atoms with van der Waals surface area (Å²) < 4.78 is 23.0. The van der Waals surface area contributed by atoms with Gasteiger partial charge in [-0.05, 0) is 48.0 Å². The lowest BCUT2D eigenvalue weighted by Gasteiger charge is -2.15. The van der Waals surface area contributed by atoms with E-state index < -0.39 is 27.9 Å². The van der Waals surface area contributed by atoms with E-state index in [1.165, 1.54) is 24.3 Å². The van der Waals surface area contributed by atoms with Crippen molar-refractivity contribution in [3.05, 3.63) is 96.1 Å². The zero-order chi connectivity index (χ0) is 22.0. The molecule has 0 radical (unpaired) electrons. The number of imide groups is 1. The third-order valence-corrected chi connectivity index (χ3v) is 5.79. The van der Waals surface area contributed by atoms with Gasteiger partial charge in [-0.1, -0.05) is 48.5 Å².